The molecule has 1 fully saturated rings. The van der Waals surface area contributed by atoms with Gasteiger partial charge in [-0.25, -0.2) is 0 Å². The second-order valence-electron chi connectivity index (χ2n) is 5.13. The van der Waals surface area contributed by atoms with Crippen LogP contribution in [-0.4, -0.2) is 35.2 Å². The zero-order valence-corrected chi connectivity index (χ0v) is 13.5. The molecule has 0 bridgehead atoms. The first kappa shape index (κ1) is 17.3. The molecule has 1 heterocycles. The van der Waals surface area contributed by atoms with Gasteiger partial charge >= 0.3 is 0 Å². The molecular formula is C15H23ClN2OS. The largest absolute Gasteiger partial charge is 0.340 e. The van der Waals surface area contributed by atoms with Crippen molar-refractivity contribution in [2.24, 2.45) is 5.73 Å². The van der Waals surface area contributed by atoms with Gasteiger partial charge in [0.15, 0.2) is 0 Å². The Morgan fingerprint density at radius 3 is 2.80 bits per heavy atom. The number of halogens is 1. The van der Waals surface area contributed by atoms with E-state index in [1.54, 1.807) is 11.8 Å². The van der Waals surface area contributed by atoms with E-state index in [0.29, 0.717) is 0 Å². The molecule has 1 amide bonds. The Labute approximate surface area is 131 Å². The van der Waals surface area contributed by atoms with Gasteiger partial charge in [0.25, 0.3) is 0 Å². The monoisotopic (exact) mass is 314 g/mol. The van der Waals surface area contributed by atoms with Crippen LogP contribution >= 0.6 is 24.2 Å². The molecule has 0 radical (unpaired) electrons. The average Bonchev–Trinajstić information content (AvgIpc) is 2.45. The van der Waals surface area contributed by atoms with Crippen LogP contribution in [0.1, 0.15) is 25.3 Å². The van der Waals surface area contributed by atoms with Crippen molar-refractivity contribution in [2.45, 2.75) is 36.8 Å². The second kappa shape index (κ2) is 8.55. The summed E-state index contributed by atoms with van der Waals surface area (Å²) in [7, 11) is 0. The Balaban J connectivity index is 0.00000200. The Morgan fingerprint density at radius 1 is 1.45 bits per heavy atom. The van der Waals surface area contributed by atoms with Crippen LogP contribution in [-0.2, 0) is 10.5 Å². The van der Waals surface area contributed by atoms with E-state index in [-0.39, 0.29) is 29.6 Å². The lowest BCUT2D eigenvalue weighted by atomic mass is 10.1. The van der Waals surface area contributed by atoms with Crippen molar-refractivity contribution >= 4 is 30.1 Å². The second-order valence-corrected chi connectivity index (χ2v) is 6.45. The smallest absolute Gasteiger partial charge is 0.235 e. The Kier molecular flexibility index (Phi) is 7.41. The van der Waals surface area contributed by atoms with Gasteiger partial charge in [0.05, 0.1) is 5.25 Å². The molecule has 3 nitrogen and oxygen atoms in total. The van der Waals surface area contributed by atoms with E-state index >= 15 is 0 Å². The highest BCUT2D eigenvalue weighted by Crippen LogP contribution is 2.20. The van der Waals surface area contributed by atoms with Gasteiger partial charge in [0, 0.05) is 24.9 Å². The molecule has 2 rings (SSSR count). The maximum atomic E-state index is 12.3. The minimum absolute atomic E-state index is 0. The highest BCUT2D eigenvalue weighted by Gasteiger charge is 2.25. The fourth-order valence-corrected chi connectivity index (χ4v) is 3.26. The van der Waals surface area contributed by atoms with E-state index < -0.39 is 0 Å². The number of amides is 1. The van der Waals surface area contributed by atoms with Crippen molar-refractivity contribution in [3.05, 3.63) is 35.9 Å². The molecule has 2 N–H and O–H groups in total. The van der Waals surface area contributed by atoms with Gasteiger partial charge in [-0.3, -0.25) is 4.79 Å². The molecule has 1 saturated heterocycles. The number of hydrogen-bond donors (Lipinski definition) is 1. The Morgan fingerprint density at radius 2 is 2.15 bits per heavy atom. The lowest BCUT2D eigenvalue weighted by Crippen LogP contribution is -2.48. The van der Waals surface area contributed by atoms with Crippen LogP contribution < -0.4 is 5.73 Å². The number of nitrogens with zero attached hydrogens (tertiary/aromatic N) is 1. The van der Waals surface area contributed by atoms with Crippen molar-refractivity contribution in [1.29, 1.82) is 0 Å². The molecule has 1 aromatic rings. The summed E-state index contributed by atoms with van der Waals surface area (Å²) in [4.78, 5) is 14.2. The maximum absolute atomic E-state index is 12.3. The van der Waals surface area contributed by atoms with Crippen LogP contribution in [0.2, 0.25) is 0 Å². The highest BCUT2D eigenvalue weighted by molar-refractivity contribution is 7.99. The maximum Gasteiger partial charge on any atom is 0.235 e. The third-order valence-corrected chi connectivity index (χ3v) is 4.66. The first-order valence-electron chi connectivity index (χ1n) is 6.86. The fourth-order valence-electron chi connectivity index (χ4n) is 2.33. The lowest BCUT2D eigenvalue weighted by Gasteiger charge is -2.32. The zero-order valence-electron chi connectivity index (χ0n) is 11.8. The highest BCUT2D eigenvalue weighted by atomic mass is 35.5. The number of benzene rings is 1. The summed E-state index contributed by atoms with van der Waals surface area (Å²) in [6.07, 6.45) is 2.07. The fraction of sp³-hybridized carbons (Fsp3) is 0.533. The molecule has 0 saturated carbocycles. The number of nitrogens with two attached hydrogens (primary N) is 1. The molecule has 112 valence electrons. The number of likely N-dealkylation sites (tertiary alicyclic amines) is 1. The lowest BCUT2D eigenvalue weighted by molar-refractivity contribution is -0.131. The van der Waals surface area contributed by atoms with Crippen molar-refractivity contribution < 1.29 is 4.79 Å². The van der Waals surface area contributed by atoms with Gasteiger partial charge in [0.1, 0.15) is 0 Å². The van der Waals surface area contributed by atoms with Crippen LogP contribution in [0.5, 0.6) is 0 Å². The molecule has 20 heavy (non-hydrogen) atoms. The molecule has 2 unspecified atom stereocenters. The number of piperidine rings is 1. The van der Waals surface area contributed by atoms with E-state index in [9.17, 15) is 4.79 Å². The summed E-state index contributed by atoms with van der Waals surface area (Å²) >= 11 is 1.70. The summed E-state index contributed by atoms with van der Waals surface area (Å²) in [6.45, 7) is 3.58. The van der Waals surface area contributed by atoms with Gasteiger partial charge in [-0.2, -0.15) is 0 Å². The van der Waals surface area contributed by atoms with Crippen LogP contribution in [0, 0.1) is 0 Å². The summed E-state index contributed by atoms with van der Waals surface area (Å²) in [5.41, 5.74) is 7.19. The summed E-state index contributed by atoms with van der Waals surface area (Å²) in [6, 6.07) is 10.4. The van der Waals surface area contributed by atoms with Crippen molar-refractivity contribution in [3.8, 4) is 0 Å². The third kappa shape index (κ3) is 5.00. The Hall–Kier alpha value is -0.710. The van der Waals surface area contributed by atoms with Gasteiger partial charge in [-0.1, -0.05) is 30.3 Å². The summed E-state index contributed by atoms with van der Waals surface area (Å²) in [5.74, 6) is 1.12. The predicted octanol–water partition coefficient (Wildman–Crippen LogP) is 2.68. The molecule has 0 aromatic heterocycles. The molecule has 2 atom stereocenters. The first-order valence-corrected chi connectivity index (χ1v) is 7.91. The van der Waals surface area contributed by atoms with Crippen LogP contribution in [0.4, 0.5) is 0 Å². The van der Waals surface area contributed by atoms with Crippen molar-refractivity contribution in [1.82, 2.24) is 4.90 Å². The van der Waals surface area contributed by atoms with E-state index in [0.717, 1.165) is 31.7 Å². The molecular weight excluding hydrogens is 292 g/mol. The molecule has 1 aromatic carbocycles. The van der Waals surface area contributed by atoms with Crippen molar-refractivity contribution in [3.63, 3.8) is 0 Å². The topological polar surface area (TPSA) is 46.3 Å². The molecule has 0 spiro atoms. The van der Waals surface area contributed by atoms with E-state index in [1.807, 2.05) is 30.0 Å². The van der Waals surface area contributed by atoms with Crippen molar-refractivity contribution in [2.75, 3.05) is 13.1 Å². The molecule has 0 aliphatic carbocycles. The summed E-state index contributed by atoms with van der Waals surface area (Å²) in [5, 5.41) is 0.00510. The normalized spacial score (nSPS) is 20.1. The number of hydrogen-bond acceptors (Lipinski definition) is 3. The minimum Gasteiger partial charge on any atom is -0.340 e. The summed E-state index contributed by atoms with van der Waals surface area (Å²) < 4.78 is 0. The minimum atomic E-state index is 0. The predicted molar refractivity (Wildman–Crippen MR) is 88.2 cm³/mol. The number of carbonyl (C=O) groups excluding carboxylic acids is 1. The molecule has 5 heteroatoms. The van der Waals surface area contributed by atoms with Crippen LogP contribution in [0.3, 0.4) is 0 Å². The van der Waals surface area contributed by atoms with Crippen LogP contribution in [0.25, 0.3) is 0 Å². The van der Waals surface area contributed by atoms with E-state index in [4.69, 9.17) is 5.73 Å². The standard InChI is InChI=1S/C15H22N2OS.ClH/c1-12(19-11-13-6-3-2-4-7-13)15(18)17-9-5-8-14(16)10-17;/h2-4,6-7,12,14H,5,8-11,16H2,1H3;1H. The number of carbonyl (C=O) groups is 1. The van der Waals surface area contributed by atoms with Gasteiger partial charge in [0.2, 0.25) is 5.91 Å². The van der Waals surface area contributed by atoms with E-state index in [1.165, 1.54) is 5.56 Å². The van der Waals surface area contributed by atoms with Gasteiger partial charge in [-0.05, 0) is 25.3 Å². The number of thioether (sulfide) groups is 1. The van der Waals surface area contributed by atoms with Crippen LogP contribution in [0.15, 0.2) is 30.3 Å². The third-order valence-electron chi connectivity index (χ3n) is 3.46. The average molecular weight is 315 g/mol. The molecule has 1 aliphatic rings. The SMILES string of the molecule is CC(SCc1ccccc1)C(=O)N1CCCC(N)C1.Cl. The van der Waals surface area contributed by atoms with Gasteiger partial charge in [-0.15, -0.1) is 24.2 Å². The molecule has 1 aliphatic heterocycles. The zero-order chi connectivity index (χ0) is 13.7. The number of rotatable bonds is 4. The van der Waals surface area contributed by atoms with Gasteiger partial charge < -0.3 is 10.6 Å². The van der Waals surface area contributed by atoms with E-state index in [2.05, 4.69) is 12.1 Å². The quantitative estimate of drug-likeness (QED) is 0.929. The Bertz CT molecular complexity index is 416. The first-order chi connectivity index (χ1) is 9.16.